The zero-order valence-electron chi connectivity index (χ0n) is 29.0. The number of aromatic nitrogens is 2. The van der Waals surface area contributed by atoms with Gasteiger partial charge in [-0.25, -0.2) is 0 Å². The molecule has 10 heteroatoms. The number of hydrogen-bond donors (Lipinski definition) is 3. The second kappa shape index (κ2) is 22.2. The third kappa shape index (κ3) is 13.3. The van der Waals surface area contributed by atoms with Crippen LogP contribution in [0.25, 0.3) is 0 Å². The lowest BCUT2D eigenvalue weighted by molar-refractivity contribution is -0.126. The van der Waals surface area contributed by atoms with E-state index in [1.54, 1.807) is 11.8 Å². The number of amides is 2. The molecule has 10 nitrogen and oxygen atoms in total. The van der Waals surface area contributed by atoms with Crippen molar-refractivity contribution in [3.8, 4) is 18.1 Å². The Bertz CT molecular complexity index is 1290. The summed E-state index contributed by atoms with van der Waals surface area (Å²) in [6, 6.07) is 6.00. The fraction of sp³-hybridized carbons (Fsp3) is 0.500. The van der Waals surface area contributed by atoms with E-state index in [-0.39, 0.29) is 17.9 Å². The molecule has 0 spiro atoms. The van der Waals surface area contributed by atoms with E-state index in [0.717, 1.165) is 67.9 Å². The topological polar surface area (TPSA) is 112 Å². The van der Waals surface area contributed by atoms with Gasteiger partial charge in [0.15, 0.2) is 0 Å². The molecule has 1 fully saturated rings. The van der Waals surface area contributed by atoms with Gasteiger partial charge in [0.05, 0.1) is 0 Å². The molecule has 0 saturated carbocycles. The van der Waals surface area contributed by atoms with E-state index in [0.29, 0.717) is 37.3 Å². The summed E-state index contributed by atoms with van der Waals surface area (Å²) in [5, 5.41) is 9.57. The van der Waals surface area contributed by atoms with E-state index in [9.17, 15) is 9.59 Å². The van der Waals surface area contributed by atoms with E-state index in [2.05, 4.69) is 65.2 Å². The van der Waals surface area contributed by atoms with E-state index in [1.807, 2.05) is 45.9 Å². The first-order valence-corrected chi connectivity index (χ1v) is 16.3. The van der Waals surface area contributed by atoms with Crippen molar-refractivity contribution in [1.29, 1.82) is 0 Å². The predicted molar refractivity (Wildman–Crippen MR) is 192 cm³/mol. The normalized spacial score (nSPS) is 12.4. The monoisotopic (exact) mass is 633 g/mol. The molecule has 3 N–H and O–H groups in total. The first-order chi connectivity index (χ1) is 22.2. The van der Waals surface area contributed by atoms with Crippen molar-refractivity contribution in [2.75, 3.05) is 55.3 Å². The van der Waals surface area contributed by atoms with Gasteiger partial charge in [0.25, 0.3) is 0 Å². The van der Waals surface area contributed by atoms with Crippen LogP contribution in [0.3, 0.4) is 0 Å². The lowest BCUT2D eigenvalue weighted by atomic mass is 10.0. The molecule has 1 aromatic heterocycles. The molecule has 1 aliphatic heterocycles. The van der Waals surface area contributed by atoms with Crippen molar-refractivity contribution in [2.24, 2.45) is 0 Å². The number of carbonyl (C=O) groups excluding carboxylic acids is 2. The van der Waals surface area contributed by atoms with Gasteiger partial charge in [0.1, 0.15) is 24.0 Å². The molecule has 0 aliphatic carbocycles. The van der Waals surface area contributed by atoms with Gasteiger partial charge in [-0.1, -0.05) is 40.9 Å². The number of nitrogens with one attached hydrogen (secondary N) is 3. The third-order valence-electron chi connectivity index (χ3n) is 7.07. The molecular weight excluding hydrogens is 578 g/mol. The summed E-state index contributed by atoms with van der Waals surface area (Å²) in [6.07, 6.45) is 11.0. The van der Waals surface area contributed by atoms with Crippen LogP contribution in [0.15, 0.2) is 43.5 Å². The molecule has 1 saturated heterocycles. The first kappa shape index (κ1) is 39.7. The molecule has 2 heterocycles. The highest BCUT2D eigenvalue weighted by Gasteiger charge is 2.23. The number of ether oxygens (including phenoxy) is 1. The summed E-state index contributed by atoms with van der Waals surface area (Å²) in [7, 11) is 0. The van der Waals surface area contributed by atoms with Crippen LogP contribution in [0.5, 0.6) is 5.75 Å². The Labute approximate surface area is 277 Å². The molecule has 0 atom stereocenters. The third-order valence-corrected chi connectivity index (χ3v) is 7.07. The molecule has 0 bridgehead atoms. The number of hydrogen-bond acceptors (Lipinski definition) is 8. The summed E-state index contributed by atoms with van der Waals surface area (Å²) in [5.74, 6) is 4.05. The van der Waals surface area contributed by atoms with Gasteiger partial charge >= 0.3 is 0 Å². The maximum atomic E-state index is 12.1. The smallest absolute Gasteiger partial charge is 0.248 e. The van der Waals surface area contributed by atoms with E-state index in [4.69, 9.17) is 9.72 Å². The quantitative estimate of drug-likeness (QED) is 0.147. The summed E-state index contributed by atoms with van der Waals surface area (Å²) >= 11 is 0. The number of carbonyl (C=O) groups is 2. The Balaban J connectivity index is 0.00000199. The highest BCUT2D eigenvalue weighted by atomic mass is 16.5. The minimum Gasteiger partial charge on any atom is -0.492 e. The van der Waals surface area contributed by atoms with Crippen molar-refractivity contribution in [3.05, 3.63) is 54.6 Å². The molecule has 0 radical (unpaired) electrons. The maximum Gasteiger partial charge on any atom is 0.248 e. The van der Waals surface area contributed by atoms with Crippen molar-refractivity contribution in [2.45, 2.75) is 80.2 Å². The Kier molecular flexibility index (Phi) is 19.1. The van der Waals surface area contributed by atoms with Gasteiger partial charge in [0.2, 0.25) is 17.8 Å². The van der Waals surface area contributed by atoms with E-state index in [1.165, 1.54) is 12.2 Å². The maximum absolute atomic E-state index is 12.1. The molecular formula is C36H55N7O3. The highest BCUT2D eigenvalue weighted by molar-refractivity contribution is 5.99. The van der Waals surface area contributed by atoms with Crippen LogP contribution in [-0.2, 0) is 9.59 Å². The van der Waals surface area contributed by atoms with Crippen molar-refractivity contribution in [1.82, 2.24) is 19.8 Å². The van der Waals surface area contributed by atoms with Gasteiger partial charge in [0, 0.05) is 36.9 Å². The fourth-order valence-electron chi connectivity index (χ4n) is 4.84. The Morgan fingerprint density at radius 2 is 1.67 bits per heavy atom. The second-order valence-electron chi connectivity index (χ2n) is 10.6. The Morgan fingerprint density at radius 1 is 1.07 bits per heavy atom. The van der Waals surface area contributed by atoms with Gasteiger partial charge in [-0.05, 0) is 95.5 Å². The average molecular weight is 634 g/mol. The van der Waals surface area contributed by atoms with Crippen LogP contribution >= 0.6 is 0 Å². The first-order valence-electron chi connectivity index (χ1n) is 16.3. The molecule has 1 aromatic carbocycles. The van der Waals surface area contributed by atoms with Crippen LogP contribution in [0, 0.1) is 26.2 Å². The average Bonchev–Trinajstić information content (AvgIpc) is 3.05. The zero-order chi connectivity index (χ0) is 34.5. The number of nitrogens with zero attached hydrogens (tertiary/aromatic N) is 4. The highest BCUT2D eigenvalue weighted by Crippen LogP contribution is 2.28. The van der Waals surface area contributed by atoms with Crippen molar-refractivity contribution in [3.63, 3.8) is 0 Å². The van der Waals surface area contributed by atoms with Crippen LogP contribution in [0.4, 0.5) is 23.3 Å². The number of aryl methyl sites for hydroxylation is 1. The fourth-order valence-corrected chi connectivity index (χ4v) is 4.84. The Hall–Kier alpha value is -4.36. The standard InChI is InChI=1S/C31H45N7O3.C3H4.C2H6/c1-7-15-37(16-8-2)19-20-41-26-12-11-25(21-22(26)5)33-31-35-29(23(6)30(36-31)34-27(39)9-3)32-24-13-17-38(18-14-24)28(40)10-4;1-3-2;1-2/h9-12,21,24H,3-4,7-8,13-20H2,1-2,5-6H3,(H3,32,33,34,35,36,39);1H,2H3;1-2H3. The largest absolute Gasteiger partial charge is 0.492 e. The van der Waals surface area contributed by atoms with Gasteiger partial charge < -0.3 is 25.6 Å². The number of benzene rings is 1. The van der Waals surface area contributed by atoms with Gasteiger partial charge in [-0.15, -0.1) is 12.3 Å². The van der Waals surface area contributed by atoms with Crippen LogP contribution in [0.2, 0.25) is 0 Å². The lowest BCUT2D eigenvalue weighted by Gasteiger charge is -2.32. The van der Waals surface area contributed by atoms with E-state index < -0.39 is 0 Å². The molecule has 0 unspecified atom stereocenters. The minimum absolute atomic E-state index is 0.0516. The summed E-state index contributed by atoms with van der Waals surface area (Å²) in [5.41, 5.74) is 2.52. The van der Waals surface area contributed by atoms with Crippen molar-refractivity contribution >= 4 is 35.1 Å². The molecule has 2 aromatic rings. The van der Waals surface area contributed by atoms with Crippen LogP contribution in [-0.4, -0.2) is 77.0 Å². The number of anilines is 4. The van der Waals surface area contributed by atoms with E-state index >= 15 is 0 Å². The number of rotatable bonds is 15. The van der Waals surface area contributed by atoms with Crippen LogP contribution < -0.4 is 20.7 Å². The SMILES string of the molecule is C#CC.C=CC(=O)Nc1nc(Nc2ccc(OCCN(CCC)CCC)c(C)c2)nc(NC2CCN(C(=O)C=C)CC2)c1C.CC. The molecule has 2 amide bonds. The number of piperidine rings is 1. The number of likely N-dealkylation sites (tertiary alicyclic amines) is 1. The molecule has 46 heavy (non-hydrogen) atoms. The molecule has 252 valence electrons. The second-order valence-corrected chi connectivity index (χ2v) is 10.6. The summed E-state index contributed by atoms with van der Waals surface area (Å²) < 4.78 is 6.09. The zero-order valence-corrected chi connectivity index (χ0v) is 29.0. The predicted octanol–water partition coefficient (Wildman–Crippen LogP) is 6.72. The lowest BCUT2D eigenvalue weighted by Crippen LogP contribution is -2.41. The summed E-state index contributed by atoms with van der Waals surface area (Å²) in [4.78, 5) is 37.6. The number of terminal acetylenes is 1. The molecule has 3 rings (SSSR count). The van der Waals surface area contributed by atoms with Gasteiger partial charge in [-0.2, -0.15) is 9.97 Å². The van der Waals surface area contributed by atoms with Crippen molar-refractivity contribution < 1.29 is 14.3 Å². The van der Waals surface area contributed by atoms with Gasteiger partial charge in [-0.3, -0.25) is 14.5 Å². The summed E-state index contributed by atoms with van der Waals surface area (Å²) in [6.45, 7) is 26.0. The molecule has 1 aliphatic rings. The Morgan fingerprint density at radius 3 is 2.22 bits per heavy atom. The van der Waals surface area contributed by atoms with Crippen LogP contribution in [0.1, 0.15) is 71.4 Å². The minimum atomic E-state index is -0.353.